The maximum atomic E-state index is 12.7. The van der Waals surface area contributed by atoms with Gasteiger partial charge < -0.3 is 24.4 Å². The highest BCUT2D eigenvalue weighted by molar-refractivity contribution is 5.96. The number of hydrogen-bond donors (Lipinski definition) is 1. The third-order valence-electron chi connectivity index (χ3n) is 5.34. The lowest BCUT2D eigenvalue weighted by atomic mass is 10.1. The average molecular weight is 455 g/mol. The summed E-state index contributed by atoms with van der Waals surface area (Å²) in [5.41, 5.74) is 2.77. The maximum Gasteiger partial charge on any atom is 0.338 e. The van der Waals surface area contributed by atoms with Gasteiger partial charge in [-0.1, -0.05) is 25.1 Å². The van der Waals surface area contributed by atoms with Crippen LogP contribution in [0, 0.1) is 6.92 Å². The molecule has 0 saturated carbocycles. The second kappa shape index (κ2) is 10.8. The molecule has 33 heavy (non-hydrogen) atoms. The van der Waals surface area contributed by atoms with Crippen molar-refractivity contribution in [3.8, 4) is 11.5 Å². The third kappa shape index (κ3) is 6.03. The summed E-state index contributed by atoms with van der Waals surface area (Å²) in [4.78, 5) is 39.2. The predicted molar refractivity (Wildman–Crippen MR) is 124 cm³/mol. The smallest absolute Gasteiger partial charge is 0.338 e. The van der Waals surface area contributed by atoms with E-state index in [1.807, 2.05) is 39.0 Å². The molecule has 0 unspecified atom stereocenters. The van der Waals surface area contributed by atoms with Gasteiger partial charge in [0.15, 0.2) is 18.1 Å². The number of anilines is 1. The number of para-hydroxylation sites is 1. The van der Waals surface area contributed by atoms with Gasteiger partial charge >= 0.3 is 5.97 Å². The first kappa shape index (κ1) is 24.1. The lowest BCUT2D eigenvalue weighted by molar-refractivity contribution is -0.137. The van der Waals surface area contributed by atoms with Crippen LogP contribution in [0.3, 0.4) is 0 Å². The first-order valence-electron chi connectivity index (χ1n) is 11.0. The fraction of sp³-hybridized carbons (Fsp3) is 0.400. The lowest BCUT2D eigenvalue weighted by Crippen LogP contribution is -2.40. The van der Waals surface area contributed by atoms with Crippen molar-refractivity contribution in [1.82, 2.24) is 4.90 Å². The molecule has 0 saturated heterocycles. The van der Waals surface area contributed by atoms with E-state index < -0.39 is 18.5 Å². The minimum absolute atomic E-state index is 0.00447. The van der Waals surface area contributed by atoms with E-state index in [2.05, 4.69) is 5.32 Å². The molecular formula is C25H30N2O6. The Hall–Kier alpha value is -3.55. The lowest BCUT2D eigenvalue weighted by Gasteiger charge is -2.21. The molecule has 3 rings (SSSR count). The number of benzene rings is 2. The van der Waals surface area contributed by atoms with Crippen molar-refractivity contribution in [3.63, 3.8) is 0 Å². The molecule has 1 aliphatic rings. The summed E-state index contributed by atoms with van der Waals surface area (Å²) in [5, 5.41) is 2.82. The summed E-state index contributed by atoms with van der Waals surface area (Å²) in [6.45, 7) is 5.53. The number of rotatable bonds is 9. The molecule has 1 heterocycles. The number of ether oxygens (including phenoxy) is 3. The Kier molecular flexibility index (Phi) is 7.92. The normalized spacial score (nSPS) is 14.1. The van der Waals surface area contributed by atoms with E-state index in [0.29, 0.717) is 36.6 Å². The molecule has 0 fully saturated rings. The van der Waals surface area contributed by atoms with Gasteiger partial charge in [0.25, 0.3) is 5.91 Å². The third-order valence-corrected chi connectivity index (χ3v) is 5.34. The molecule has 0 radical (unpaired) electrons. The van der Waals surface area contributed by atoms with E-state index in [0.717, 1.165) is 11.1 Å². The fourth-order valence-corrected chi connectivity index (χ4v) is 3.71. The van der Waals surface area contributed by atoms with Gasteiger partial charge in [0, 0.05) is 24.2 Å². The van der Waals surface area contributed by atoms with Crippen LogP contribution in [0.4, 0.5) is 5.69 Å². The molecular weight excluding hydrogens is 424 g/mol. The molecule has 0 spiro atoms. The number of carbonyl (C=O) groups is 3. The van der Waals surface area contributed by atoms with Crippen LogP contribution in [0.5, 0.6) is 11.5 Å². The van der Waals surface area contributed by atoms with Gasteiger partial charge in [-0.3, -0.25) is 9.59 Å². The Labute approximate surface area is 193 Å². The zero-order valence-electron chi connectivity index (χ0n) is 19.5. The van der Waals surface area contributed by atoms with Crippen molar-refractivity contribution < 1.29 is 28.6 Å². The van der Waals surface area contributed by atoms with Crippen molar-refractivity contribution in [1.29, 1.82) is 0 Å². The molecule has 0 aromatic heterocycles. The van der Waals surface area contributed by atoms with Crippen LogP contribution in [-0.2, 0) is 20.7 Å². The number of methoxy groups -OCH3 is 1. The van der Waals surface area contributed by atoms with Crippen molar-refractivity contribution >= 4 is 23.5 Å². The Balaban J connectivity index is 1.60. The number of fused-ring (bicyclic) bond motifs is 1. The summed E-state index contributed by atoms with van der Waals surface area (Å²) in [6, 6.07) is 10.7. The Bertz CT molecular complexity index is 1040. The highest BCUT2D eigenvalue weighted by atomic mass is 16.5. The summed E-state index contributed by atoms with van der Waals surface area (Å²) in [7, 11) is 1.51. The van der Waals surface area contributed by atoms with Gasteiger partial charge in [-0.15, -0.1) is 0 Å². The Morgan fingerprint density at radius 2 is 1.97 bits per heavy atom. The summed E-state index contributed by atoms with van der Waals surface area (Å²) in [5.74, 6) is -0.294. The summed E-state index contributed by atoms with van der Waals surface area (Å²) < 4.78 is 16.3. The topological polar surface area (TPSA) is 94.2 Å². The van der Waals surface area contributed by atoms with Crippen LogP contribution in [0.15, 0.2) is 36.4 Å². The molecule has 2 aromatic carbocycles. The molecule has 0 aliphatic carbocycles. The van der Waals surface area contributed by atoms with Crippen LogP contribution in [0.1, 0.15) is 41.8 Å². The minimum atomic E-state index is -0.634. The number of amides is 2. The fourth-order valence-electron chi connectivity index (χ4n) is 3.71. The molecule has 2 amide bonds. The molecule has 8 heteroatoms. The molecule has 1 N–H and O–H groups in total. The van der Waals surface area contributed by atoms with Gasteiger partial charge in [-0.2, -0.15) is 0 Å². The van der Waals surface area contributed by atoms with Crippen LogP contribution >= 0.6 is 0 Å². The van der Waals surface area contributed by atoms with Gasteiger partial charge in [-0.25, -0.2) is 4.79 Å². The Morgan fingerprint density at radius 1 is 1.21 bits per heavy atom. The van der Waals surface area contributed by atoms with E-state index in [9.17, 15) is 14.4 Å². The monoisotopic (exact) mass is 454 g/mol. The highest BCUT2D eigenvalue weighted by Crippen LogP contribution is 2.39. The number of hydrogen-bond acceptors (Lipinski definition) is 6. The first-order valence-corrected chi connectivity index (χ1v) is 11.0. The molecule has 1 aliphatic heterocycles. The van der Waals surface area contributed by atoms with Crippen molar-refractivity contribution in [2.75, 3.05) is 32.1 Å². The molecule has 2 aromatic rings. The van der Waals surface area contributed by atoms with E-state index in [1.165, 1.54) is 12.0 Å². The number of nitrogens with one attached hydrogen (secondary N) is 1. The van der Waals surface area contributed by atoms with E-state index in [-0.39, 0.29) is 24.1 Å². The van der Waals surface area contributed by atoms with E-state index >= 15 is 0 Å². The SMILES string of the molecule is CCCN(CC(=O)Nc1ccccc1C)C(=O)COC(=O)c1cc2c(c(OC)c1)O[C@H](C)C2. The van der Waals surface area contributed by atoms with Gasteiger partial charge in [0.1, 0.15) is 6.10 Å². The molecule has 8 nitrogen and oxygen atoms in total. The van der Waals surface area contributed by atoms with Crippen LogP contribution in [0.2, 0.25) is 0 Å². The zero-order valence-corrected chi connectivity index (χ0v) is 19.5. The summed E-state index contributed by atoms with van der Waals surface area (Å²) >= 11 is 0. The van der Waals surface area contributed by atoms with Crippen molar-refractivity contribution in [3.05, 3.63) is 53.1 Å². The van der Waals surface area contributed by atoms with E-state index in [4.69, 9.17) is 14.2 Å². The minimum Gasteiger partial charge on any atom is -0.493 e. The van der Waals surface area contributed by atoms with Gasteiger partial charge in [-0.05, 0) is 44.0 Å². The number of aryl methyl sites for hydroxylation is 1. The van der Waals surface area contributed by atoms with Crippen LogP contribution in [-0.4, -0.2) is 55.6 Å². The van der Waals surface area contributed by atoms with Crippen molar-refractivity contribution in [2.45, 2.75) is 39.7 Å². The van der Waals surface area contributed by atoms with E-state index in [1.54, 1.807) is 18.2 Å². The Morgan fingerprint density at radius 3 is 2.67 bits per heavy atom. The van der Waals surface area contributed by atoms with Gasteiger partial charge in [0.05, 0.1) is 19.2 Å². The maximum absolute atomic E-state index is 12.7. The standard InChI is InChI=1S/C25H30N2O6/c1-5-10-27(14-22(28)26-20-9-7-6-8-16(20)2)23(29)15-32-25(30)19-12-18-11-17(3)33-24(18)21(13-19)31-4/h6-9,12-13,17H,5,10-11,14-15H2,1-4H3,(H,26,28)/t17-/m1/s1. The quantitative estimate of drug-likeness (QED) is 0.584. The second-order valence-corrected chi connectivity index (χ2v) is 8.05. The highest BCUT2D eigenvalue weighted by Gasteiger charge is 2.26. The van der Waals surface area contributed by atoms with Gasteiger partial charge in [0.2, 0.25) is 5.91 Å². The number of esters is 1. The average Bonchev–Trinajstić information content (AvgIpc) is 3.17. The zero-order chi connectivity index (χ0) is 24.0. The summed E-state index contributed by atoms with van der Waals surface area (Å²) in [6.07, 6.45) is 1.32. The number of nitrogens with zero attached hydrogens (tertiary/aromatic N) is 1. The van der Waals surface area contributed by atoms with Crippen LogP contribution in [0.25, 0.3) is 0 Å². The number of carbonyl (C=O) groups excluding carboxylic acids is 3. The first-order chi connectivity index (χ1) is 15.8. The largest absolute Gasteiger partial charge is 0.493 e. The molecule has 0 bridgehead atoms. The van der Waals surface area contributed by atoms with Crippen LogP contribution < -0.4 is 14.8 Å². The molecule has 1 atom stereocenters. The molecule has 176 valence electrons. The predicted octanol–water partition coefficient (Wildman–Crippen LogP) is 3.36. The van der Waals surface area contributed by atoms with Crippen molar-refractivity contribution in [2.24, 2.45) is 0 Å². The second-order valence-electron chi connectivity index (χ2n) is 8.05.